The second-order valence-corrected chi connectivity index (χ2v) is 19.4. The van der Waals surface area contributed by atoms with E-state index in [1.54, 1.807) is 0 Å². The molecule has 5 fully saturated rings. The zero-order valence-electron chi connectivity index (χ0n) is 41.9. The number of carboxylic acids is 1. The molecule has 78 heavy (non-hydrogen) atoms. The fourth-order valence-corrected chi connectivity index (χ4v) is 9.45. The quantitative estimate of drug-likeness (QED) is 0.0427. The molecular weight excluding hydrogens is 1070 g/mol. The number of carboxylic acid groups (broad SMARTS) is 1. The summed E-state index contributed by atoms with van der Waals surface area (Å²) in [5.74, 6) is -6.99. The van der Waals surface area contributed by atoms with E-state index < -0.39 is 247 Å². The molecule has 0 spiro atoms. The van der Waals surface area contributed by atoms with Gasteiger partial charge in [0.15, 0.2) is 25.2 Å². The molecule has 5 saturated heterocycles. The van der Waals surface area contributed by atoms with E-state index >= 15 is 0 Å². The van der Waals surface area contributed by atoms with Crippen LogP contribution in [0, 0.1) is 0 Å². The van der Waals surface area contributed by atoms with E-state index in [2.05, 4.69) is 10.6 Å². The molecule has 0 aromatic carbocycles. The summed E-state index contributed by atoms with van der Waals surface area (Å²) in [4.78, 5) is 38.1. The van der Waals surface area contributed by atoms with E-state index in [0.29, 0.717) is 0 Å². The van der Waals surface area contributed by atoms with Gasteiger partial charge < -0.3 is 160 Å². The maximum atomic E-state index is 13.1. The van der Waals surface area contributed by atoms with Gasteiger partial charge in [-0.2, -0.15) is 0 Å². The Balaban J connectivity index is 1.55. The highest BCUT2D eigenvalue weighted by Crippen LogP contribution is 2.38. The predicted octanol–water partition coefficient (Wildman–Crippen LogP) is -13.9. The summed E-state index contributed by atoms with van der Waals surface area (Å²) in [5.41, 5.74) is 0. The molecule has 0 bridgehead atoms. The first-order valence-electron chi connectivity index (χ1n) is 24.5. The summed E-state index contributed by atoms with van der Waals surface area (Å²) in [7, 11) is 0. The largest absolute Gasteiger partial charge is 0.477 e. The molecule has 454 valence electrons. The number of carbonyl (C=O) groups is 3. The number of hydrogen-bond donors (Lipinski definition) is 22. The fourth-order valence-electron chi connectivity index (χ4n) is 9.45. The molecule has 0 aliphatic carbocycles. The predicted molar refractivity (Wildman–Crippen MR) is 240 cm³/mol. The highest BCUT2D eigenvalue weighted by Gasteiger charge is 2.59. The molecule has 5 aliphatic heterocycles. The van der Waals surface area contributed by atoms with Crippen molar-refractivity contribution in [1.82, 2.24) is 10.6 Å². The molecule has 0 saturated carbocycles. The zero-order valence-corrected chi connectivity index (χ0v) is 41.9. The van der Waals surface area contributed by atoms with Crippen molar-refractivity contribution in [2.24, 2.45) is 0 Å². The minimum Gasteiger partial charge on any atom is -0.477 e. The van der Waals surface area contributed by atoms with Crippen molar-refractivity contribution in [2.45, 2.75) is 211 Å². The minimum absolute atomic E-state index is 0.834. The zero-order chi connectivity index (χ0) is 58.4. The van der Waals surface area contributed by atoms with Crippen LogP contribution in [0.2, 0.25) is 0 Å². The molecule has 0 aromatic heterocycles. The summed E-state index contributed by atoms with van der Waals surface area (Å²) in [6.07, 6.45) is -57.1. The Hall–Kier alpha value is -2.75. The lowest BCUT2D eigenvalue weighted by atomic mass is 9.88. The van der Waals surface area contributed by atoms with Crippen LogP contribution in [0.15, 0.2) is 0 Å². The SMILES string of the molecule is CC(=O)N[C@H]1[C@H](O[C@H]2[C@@H](O)[C@@H](CO)O[C@@H](O[C@@H]([C@H](O[C@@H]3O[C@@H](C)[C@@H](O)[C@@H](O)[C@@H]3O)[C@@H](O)CO)[C@H](O)CO)[C@@H]2O)O[C@H](CO[C@]2(C(=O)O)C[C@H](O)[C@@H](NC(C)=O)[C@H]([C@H](O)[C@H](O)CO)O2)[C@@H](O)[C@@H]1O[C@@H]1O[C@H](CO)[C@H](O)[C@H](O)[C@H]1O. The van der Waals surface area contributed by atoms with Crippen molar-refractivity contribution in [1.29, 1.82) is 0 Å². The van der Waals surface area contributed by atoms with Crippen LogP contribution in [0.25, 0.3) is 0 Å². The lowest BCUT2D eigenvalue weighted by Gasteiger charge is -2.50. The van der Waals surface area contributed by atoms with Gasteiger partial charge in [-0.3, -0.25) is 9.59 Å². The van der Waals surface area contributed by atoms with Crippen molar-refractivity contribution >= 4 is 17.8 Å². The maximum Gasteiger partial charge on any atom is 0.364 e. The Morgan fingerprint density at radius 1 is 0.551 bits per heavy atom. The first kappa shape index (κ1) is 66.1. The van der Waals surface area contributed by atoms with Crippen LogP contribution in [-0.4, -0.2) is 343 Å². The van der Waals surface area contributed by atoms with Crippen LogP contribution in [0.5, 0.6) is 0 Å². The molecule has 35 heteroatoms. The Bertz CT molecular complexity index is 1900. The third-order valence-corrected chi connectivity index (χ3v) is 13.8. The van der Waals surface area contributed by atoms with Crippen molar-refractivity contribution in [3.8, 4) is 0 Å². The van der Waals surface area contributed by atoms with Gasteiger partial charge in [0.05, 0.1) is 57.9 Å². The molecule has 0 unspecified atom stereocenters. The minimum atomic E-state index is -3.12. The van der Waals surface area contributed by atoms with Crippen LogP contribution >= 0.6 is 0 Å². The number of aliphatic hydroxyl groups excluding tert-OH is 19. The molecule has 5 aliphatic rings. The first-order valence-corrected chi connectivity index (χ1v) is 24.5. The average Bonchev–Trinajstić information content (AvgIpc) is 3.42. The number of carbonyl (C=O) groups excluding carboxylic acids is 2. The van der Waals surface area contributed by atoms with Crippen molar-refractivity contribution in [3.05, 3.63) is 0 Å². The fraction of sp³-hybridized carbons (Fsp3) is 0.930. The third-order valence-electron chi connectivity index (χ3n) is 13.8. The highest BCUT2D eigenvalue weighted by atomic mass is 16.8. The summed E-state index contributed by atoms with van der Waals surface area (Å²) in [5, 5.41) is 219. The first-order chi connectivity index (χ1) is 36.6. The highest BCUT2D eigenvalue weighted by molar-refractivity contribution is 5.76. The van der Waals surface area contributed by atoms with Gasteiger partial charge in [-0.1, -0.05) is 0 Å². The number of nitrogens with one attached hydrogen (secondary N) is 2. The molecule has 30 atom stereocenters. The third kappa shape index (κ3) is 14.7. The van der Waals surface area contributed by atoms with Gasteiger partial charge >= 0.3 is 5.97 Å². The van der Waals surface area contributed by atoms with Gasteiger partial charge in [0.2, 0.25) is 11.8 Å². The van der Waals surface area contributed by atoms with Crippen LogP contribution in [-0.2, 0) is 61.8 Å². The number of aliphatic carboxylic acids is 1. The van der Waals surface area contributed by atoms with Gasteiger partial charge in [0.1, 0.15) is 134 Å². The van der Waals surface area contributed by atoms with Crippen molar-refractivity contribution in [2.75, 3.05) is 39.6 Å². The molecule has 5 rings (SSSR count). The van der Waals surface area contributed by atoms with Gasteiger partial charge in [0, 0.05) is 20.3 Å². The van der Waals surface area contributed by atoms with E-state index in [9.17, 15) is 117 Å². The Kier molecular flexibility index (Phi) is 24.1. The lowest BCUT2D eigenvalue weighted by Crippen LogP contribution is -2.71. The van der Waals surface area contributed by atoms with E-state index in [-0.39, 0.29) is 0 Å². The van der Waals surface area contributed by atoms with Crippen molar-refractivity contribution < 1.29 is 164 Å². The van der Waals surface area contributed by atoms with Crippen LogP contribution < -0.4 is 10.6 Å². The number of hydrogen-bond acceptors (Lipinski definition) is 32. The number of aliphatic hydroxyl groups is 19. The summed E-state index contributed by atoms with van der Waals surface area (Å²) < 4.78 is 57.3. The average molecular weight is 1150 g/mol. The number of rotatable bonds is 24. The molecule has 5 heterocycles. The Morgan fingerprint density at radius 2 is 1.01 bits per heavy atom. The summed E-state index contributed by atoms with van der Waals surface area (Å²) in [6, 6.07) is -3.66. The van der Waals surface area contributed by atoms with Gasteiger partial charge in [-0.25, -0.2) is 4.79 Å². The van der Waals surface area contributed by atoms with Crippen LogP contribution in [0.1, 0.15) is 27.2 Å². The standard InChI is InChI=1S/C43H74N2O33/c1-11-23(57)28(62)30(64)39(70-11)74-33(16(55)6-47)34(17(56)7-48)75-41-32(66)37(26(60)19(9-50)72-41)77-38-22(45-13(3)52)35(76-40-31(65)29(63)25(59)18(8-49)71-40)27(61)20(73-38)10-69-43(42(67)68)4-14(53)21(44-12(2)51)36(78-43)24(58)15(54)5-46/h11,14-41,46-50,53-66H,4-10H2,1-3H3,(H,44,51)(H,45,52)(H,67,68)/t11-,14-,15+,16-,17+,18+,19+,20+,21+,22+,23+,24+,25-,26-,27+,28+,29-,30-,31+,32+,33+,34+,35+,36+,37-,38-,39-,40-,41-,43+/m0/s1. The second-order valence-electron chi connectivity index (χ2n) is 19.4. The summed E-state index contributed by atoms with van der Waals surface area (Å²) in [6.45, 7) is -3.86. The Labute approximate surface area is 442 Å². The van der Waals surface area contributed by atoms with Crippen LogP contribution in [0.4, 0.5) is 0 Å². The maximum absolute atomic E-state index is 13.1. The second kappa shape index (κ2) is 28.5. The molecular formula is C43H74N2O33. The molecule has 0 radical (unpaired) electrons. The smallest absolute Gasteiger partial charge is 0.364 e. The molecule has 22 N–H and O–H groups in total. The van der Waals surface area contributed by atoms with E-state index in [4.69, 9.17) is 47.4 Å². The van der Waals surface area contributed by atoms with Crippen LogP contribution in [0.3, 0.4) is 0 Å². The van der Waals surface area contributed by atoms with E-state index in [1.807, 2.05) is 0 Å². The van der Waals surface area contributed by atoms with Crippen molar-refractivity contribution in [3.63, 3.8) is 0 Å². The van der Waals surface area contributed by atoms with E-state index in [0.717, 1.165) is 13.8 Å². The van der Waals surface area contributed by atoms with E-state index in [1.165, 1.54) is 6.92 Å². The van der Waals surface area contributed by atoms with Gasteiger partial charge in [0.25, 0.3) is 5.79 Å². The van der Waals surface area contributed by atoms with Gasteiger partial charge in [-0.15, -0.1) is 0 Å². The molecule has 2 amide bonds. The van der Waals surface area contributed by atoms with Gasteiger partial charge in [-0.05, 0) is 6.92 Å². The Morgan fingerprint density at radius 3 is 1.54 bits per heavy atom. The number of amides is 2. The summed E-state index contributed by atoms with van der Waals surface area (Å²) >= 11 is 0. The lowest BCUT2D eigenvalue weighted by molar-refractivity contribution is -0.380. The topological polar surface area (TPSA) is 572 Å². The molecule has 35 nitrogen and oxygen atoms in total. The monoisotopic (exact) mass is 1150 g/mol. The molecule has 0 aromatic rings. The normalized spacial score (nSPS) is 43.8. The number of ether oxygens (including phenoxy) is 10.